The third-order valence-corrected chi connectivity index (χ3v) is 4.35. The monoisotopic (exact) mass is 368 g/mol. The summed E-state index contributed by atoms with van der Waals surface area (Å²) in [7, 11) is 3.29. The van der Waals surface area contributed by atoms with E-state index in [1.165, 1.54) is 11.1 Å². The van der Waals surface area contributed by atoms with Crippen molar-refractivity contribution in [3.63, 3.8) is 0 Å². The summed E-state index contributed by atoms with van der Waals surface area (Å²) >= 11 is 10.1. The van der Waals surface area contributed by atoms with Crippen LogP contribution in [0.15, 0.2) is 40.9 Å². The van der Waals surface area contributed by atoms with Gasteiger partial charge >= 0.3 is 0 Å². The number of halogens is 2. The minimum atomic E-state index is -0.177. The molecular weight excluding hydrogens is 352 g/mol. The molecule has 0 aromatic heterocycles. The summed E-state index contributed by atoms with van der Waals surface area (Å²) in [6.07, 6.45) is 0.740. The number of rotatable bonds is 5. The maximum absolute atomic E-state index is 6.61. The molecule has 0 aliphatic carbocycles. The molecule has 2 rings (SSSR count). The Kier molecular flexibility index (Phi) is 5.54. The molecule has 0 saturated heterocycles. The van der Waals surface area contributed by atoms with E-state index in [4.69, 9.17) is 21.1 Å². The zero-order chi connectivity index (χ0) is 15.4. The maximum atomic E-state index is 6.61. The molecule has 2 aromatic rings. The first-order valence-corrected chi connectivity index (χ1v) is 7.89. The van der Waals surface area contributed by atoms with E-state index in [1.54, 1.807) is 14.2 Å². The minimum absolute atomic E-state index is 0.177. The van der Waals surface area contributed by atoms with Crippen LogP contribution in [-0.4, -0.2) is 14.2 Å². The summed E-state index contributed by atoms with van der Waals surface area (Å²) < 4.78 is 11.6. The van der Waals surface area contributed by atoms with Crippen LogP contribution in [0.1, 0.15) is 22.1 Å². The molecule has 4 heteroatoms. The van der Waals surface area contributed by atoms with Crippen molar-refractivity contribution in [2.24, 2.45) is 0 Å². The van der Waals surface area contributed by atoms with Crippen molar-refractivity contribution in [3.8, 4) is 11.5 Å². The molecule has 0 N–H and O–H groups in total. The molecule has 2 nitrogen and oxygen atoms in total. The maximum Gasteiger partial charge on any atom is 0.133 e. The van der Waals surface area contributed by atoms with E-state index in [0.29, 0.717) is 0 Å². The van der Waals surface area contributed by atoms with Gasteiger partial charge in [0, 0.05) is 5.56 Å². The van der Waals surface area contributed by atoms with Crippen LogP contribution < -0.4 is 9.47 Å². The lowest BCUT2D eigenvalue weighted by Gasteiger charge is -2.16. The molecule has 0 heterocycles. The summed E-state index contributed by atoms with van der Waals surface area (Å²) in [4.78, 5) is 0. The minimum Gasteiger partial charge on any atom is -0.496 e. The van der Waals surface area contributed by atoms with Crippen molar-refractivity contribution < 1.29 is 9.47 Å². The van der Waals surface area contributed by atoms with Gasteiger partial charge in [0.05, 0.1) is 24.1 Å². The first-order valence-electron chi connectivity index (χ1n) is 6.66. The van der Waals surface area contributed by atoms with Gasteiger partial charge in [0.1, 0.15) is 11.5 Å². The predicted octanol–water partition coefficient (Wildman–Crippen LogP) is 5.30. The Hall–Kier alpha value is -1.19. The van der Waals surface area contributed by atoms with Gasteiger partial charge in [-0.05, 0) is 47.0 Å². The van der Waals surface area contributed by atoms with Crippen LogP contribution in [0.3, 0.4) is 0 Å². The van der Waals surface area contributed by atoms with Crippen LogP contribution in [0.5, 0.6) is 11.5 Å². The number of hydrogen-bond acceptors (Lipinski definition) is 2. The van der Waals surface area contributed by atoms with Crippen molar-refractivity contribution in [2.75, 3.05) is 14.2 Å². The summed E-state index contributed by atoms with van der Waals surface area (Å²) in [5, 5.41) is -0.177. The van der Waals surface area contributed by atoms with E-state index in [-0.39, 0.29) is 5.38 Å². The van der Waals surface area contributed by atoms with Crippen molar-refractivity contribution in [1.82, 2.24) is 0 Å². The number of methoxy groups -OCH3 is 2. The molecule has 0 fully saturated rings. The van der Waals surface area contributed by atoms with Gasteiger partial charge in [0.25, 0.3) is 0 Å². The van der Waals surface area contributed by atoms with Crippen molar-refractivity contribution in [1.29, 1.82) is 0 Å². The van der Waals surface area contributed by atoms with E-state index in [9.17, 15) is 0 Å². The summed E-state index contributed by atoms with van der Waals surface area (Å²) in [6.45, 7) is 2.08. The molecular formula is C17H18BrClO2. The highest BCUT2D eigenvalue weighted by Gasteiger charge is 2.17. The Balaban J connectivity index is 2.31. The molecule has 112 valence electrons. The highest BCUT2D eigenvalue weighted by molar-refractivity contribution is 9.10. The molecule has 0 radical (unpaired) electrons. The van der Waals surface area contributed by atoms with Gasteiger partial charge in [-0.1, -0.05) is 29.8 Å². The van der Waals surface area contributed by atoms with Gasteiger partial charge in [-0.2, -0.15) is 0 Å². The fourth-order valence-electron chi connectivity index (χ4n) is 2.28. The van der Waals surface area contributed by atoms with Crippen LogP contribution >= 0.6 is 27.5 Å². The van der Waals surface area contributed by atoms with Crippen LogP contribution in [0, 0.1) is 6.92 Å². The molecule has 0 bridgehead atoms. The Morgan fingerprint density at radius 1 is 1.10 bits per heavy atom. The first-order chi connectivity index (χ1) is 10.0. The van der Waals surface area contributed by atoms with Crippen LogP contribution in [-0.2, 0) is 6.42 Å². The van der Waals surface area contributed by atoms with Crippen molar-refractivity contribution in [3.05, 3.63) is 57.6 Å². The lowest BCUT2D eigenvalue weighted by atomic mass is 10.0. The fraction of sp³-hybridized carbons (Fsp3) is 0.294. The number of benzene rings is 2. The lowest BCUT2D eigenvalue weighted by Crippen LogP contribution is -2.01. The topological polar surface area (TPSA) is 18.5 Å². The number of alkyl halides is 1. The SMILES string of the molecule is COc1cc(C(Cl)Cc2cccc(C)c2)c(OC)cc1Br. The Bertz CT molecular complexity index is 628. The number of aryl methyl sites for hydroxylation is 1. The second-order valence-corrected chi connectivity index (χ2v) is 6.27. The van der Waals surface area contributed by atoms with E-state index in [2.05, 4.69) is 41.1 Å². The van der Waals surface area contributed by atoms with Gasteiger partial charge in [-0.15, -0.1) is 11.6 Å². The predicted molar refractivity (Wildman–Crippen MR) is 90.7 cm³/mol. The van der Waals surface area contributed by atoms with E-state index < -0.39 is 0 Å². The summed E-state index contributed by atoms with van der Waals surface area (Å²) in [5.41, 5.74) is 3.37. The zero-order valence-electron chi connectivity index (χ0n) is 12.3. The second kappa shape index (κ2) is 7.19. The average molecular weight is 370 g/mol. The lowest BCUT2D eigenvalue weighted by molar-refractivity contribution is 0.396. The smallest absolute Gasteiger partial charge is 0.133 e. The molecule has 0 aliphatic heterocycles. The van der Waals surface area contributed by atoms with Crippen molar-refractivity contribution >= 4 is 27.5 Å². The van der Waals surface area contributed by atoms with Gasteiger partial charge in [-0.3, -0.25) is 0 Å². The van der Waals surface area contributed by atoms with Gasteiger partial charge in [0.15, 0.2) is 0 Å². The molecule has 2 aromatic carbocycles. The quantitative estimate of drug-likeness (QED) is 0.666. The Labute approximate surface area is 139 Å². The Morgan fingerprint density at radius 2 is 1.81 bits per heavy atom. The normalized spacial score (nSPS) is 12.0. The molecule has 0 aliphatic rings. The largest absolute Gasteiger partial charge is 0.496 e. The van der Waals surface area contributed by atoms with Gasteiger partial charge in [-0.25, -0.2) is 0 Å². The highest BCUT2D eigenvalue weighted by atomic mass is 79.9. The van der Waals surface area contributed by atoms with Gasteiger partial charge in [0.2, 0.25) is 0 Å². The molecule has 0 spiro atoms. The summed E-state index contributed by atoms with van der Waals surface area (Å²) in [5.74, 6) is 1.51. The average Bonchev–Trinajstić information content (AvgIpc) is 2.46. The zero-order valence-corrected chi connectivity index (χ0v) is 14.7. The number of hydrogen-bond donors (Lipinski definition) is 0. The van der Waals surface area contributed by atoms with Crippen LogP contribution in [0.25, 0.3) is 0 Å². The first kappa shape index (κ1) is 16.2. The molecule has 0 saturated carbocycles. The van der Waals surface area contributed by atoms with Gasteiger partial charge < -0.3 is 9.47 Å². The molecule has 1 unspecified atom stereocenters. The molecule has 21 heavy (non-hydrogen) atoms. The van der Waals surface area contributed by atoms with E-state index in [0.717, 1.165) is 28.0 Å². The number of ether oxygens (including phenoxy) is 2. The molecule has 1 atom stereocenters. The fourth-order valence-corrected chi connectivity index (χ4v) is 3.12. The third-order valence-electron chi connectivity index (χ3n) is 3.34. The third kappa shape index (κ3) is 3.92. The second-order valence-electron chi connectivity index (χ2n) is 4.89. The summed E-state index contributed by atoms with van der Waals surface area (Å²) in [6, 6.07) is 12.2. The highest BCUT2D eigenvalue weighted by Crippen LogP contribution is 2.39. The Morgan fingerprint density at radius 3 is 2.43 bits per heavy atom. The van der Waals surface area contributed by atoms with E-state index >= 15 is 0 Å². The standard InChI is InChI=1S/C17H18BrClO2/c1-11-5-4-6-12(7-11)8-15(19)13-9-17(21-3)14(18)10-16(13)20-2/h4-7,9-10,15H,8H2,1-3H3. The molecule has 0 amide bonds. The van der Waals surface area contributed by atoms with E-state index in [1.807, 2.05) is 18.2 Å². The van der Waals surface area contributed by atoms with Crippen LogP contribution in [0.2, 0.25) is 0 Å². The van der Waals surface area contributed by atoms with Crippen LogP contribution in [0.4, 0.5) is 0 Å². The van der Waals surface area contributed by atoms with Crippen molar-refractivity contribution in [2.45, 2.75) is 18.7 Å².